The lowest BCUT2D eigenvalue weighted by atomic mass is 9.78. The van der Waals surface area contributed by atoms with Gasteiger partial charge < -0.3 is 24.6 Å². The fourth-order valence-corrected chi connectivity index (χ4v) is 8.78. The number of carboxylic acids is 2. The molecule has 0 radical (unpaired) electrons. The minimum Gasteiger partial charge on any atom is -0.478 e. The number of aryl methyl sites for hydroxylation is 1. The normalized spacial score (nSPS) is 13.3. The van der Waals surface area contributed by atoms with E-state index in [1.54, 1.807) is 37.1 Å². The number of carboxylic acid groups (broad SMARTS) is 2. The number of carbonyl (C=O) groups excluding carboxylic acids is 2. The Morgan fingerprint density at radius 2 is 0.919 bits per heavy atom. The number of esters is 2. The molecule has 62 heavy (non-hydrogen) atoms. The van der Waals surface area contributed by atoms with Crippen LogP contribution in [0.25, 0.3) is 0 Å². The van der Waals surface area contributed by atoms with E-state index < -0.39 is 17.9 Å². The smallest absolute Gasteiger partial charge is 0.334 e. The first kappa shape index (κ1) is 54.4. The molecular weight excluding hydrogens is 781 g/mol. The zero-order valence-electron chi connectivity index (χ0n) is 39.6. The number of hydrogen-bond acceptors (Lipinski definition) is 8. The third-order valence-corrected chi connectivity index (χ3v) is 12.4. The molecule has 1 aromatic rings. The Kier molecular flexibility index (Phi) is 30.5. The molecule has 0 aliphatic carbocycles. The Morgan fingerprint density at radius 3 is 1.31 bits per heavy atom. The highest BCUT2D eigenvalue weighted by Crippen LogP contribution is 2.43. The van der Waals surface area contributed by atoms with Gasteiger partial charge in [0.1, 0.15) is 0 Å². The maximum Gasteiger partial charge on any atom is 0.334 e. The summed E-state index contributed by atoms with van der Waals surface area (Å²) in [6, 6.07) is 3.43. The molecule has 352 valence electrons. The molecule has 1 aromatic heterocycles. The average molecular weight is 867 g/mol. The Labute approximate surface area is 376 Å². The molecule has 0 amide bonds. The number of nitrogens with zero attached hydrogens (tertiary/aromatic N) is 2. The van der Waals surface area contributed by atoms with Gasteiger partial charge in [-0.1, -0.05) is 174 Å². The van der Waals surface area contributed by atoms with Crippen molar-refractivity contribution < 1.29 is 38.9 Å². The van der Waals surface area contributed by atoms with Crippen molar-refractivity contribution in [2.75, 3.05) is 19.8 Å². The van der Waals surface area contributed by atoms with E-state index in [0.29, 0.717) is 61.3 Å². The quantitative estimate of drug-likeness (QED) is 0.0485. The maximum absolute atomic E-state index is 12.9. The van der Waals surface area contributed by atoms with Gasteiger partial charge in [0.05, 0.1) is 30.3 Å². The van der Waals surface area contributed by atoms with Crippen molar-refractivity contribution in [1.29, 1.82) is 0 Å². The first-order valence-electron chi connectivity index (χ1n) is 25.0. The van der Waals surface area contributed by atoms with Gasteiger partial charge in [-0.05, 0) is 57.6 Å². The third kappa shape index (κ3) is 22.6. The van der Waals surface area contributed by atoms with Crippen LogP contribution in [-0.4, -0.2) is 63.7 Å². The summed E-state index contributed by atoms with van der Waals surface area (Å²) >= 11 is 0. The third-order valence-electron chi connectivity index (χ3n) is 12.4. The van der Waals surface area contributed by atoms with E-state index >= 15 is 0 Å². The van der Waals surface area contributed by atoms with Crippen molar-refractivity contribution in [1.82, 2.24) is 9.88 Å². The molecule has 0 aromatic carbocycles. The van der Waals surface area contributed by atoms with Crippen LogP contribution in [0.1, 0.15) is 237 Å². The fourth-order valence-electron chi connectivity index (χ4n) is 8.78. The molecule has 0 saturated heterocycles. The Bertz CT molecular complexity index is 1450. The van der Waals surface area contributed by atoms with E-state index in [2.05, 4.69) is 18.8 Å². The molecule has 1 aliphatic heterocycles. The maximum atomic E-state index is 12.9. The number of rotatable bonds is 39. The van der Waals surface area contributed by atoms with Gasteiger partial charge in [0.2, 0.25) is 0 Å². The minimum absolute atomic E-state index is 0.0223. The zero-order valence-corrected chi connectivity index (χ0v) is 39.6. The second-order valence-electron chi connectivity index (χ2n) is 17.6. The zero-order chi connectivity index (χ0) is 45.2. The van der Waals surface area contributed by atoms with E-state index in [0.717, 1.165) is 38.5 Å². The van der Waals surface area contributed by atoms with E-state index in [9.17, 15) is 29.4 Å². The standard InChI is InChI=1S/C52H86N2O8/c1-5-7-9-11-13-15-17-19-21-23-25-27-29-36-46(55)61-40-32-35-45-44(34-31-38-53-45)50-48(51(57)58)42(3)54(43(4)49(50)52(59)60)39-33-41-62-47(56)37-30-28-26-24-22-20-18-16-14-12-10-8-6-2/h31,34,38,50H,5-30,32-33,35-37,39-41H2,1-4H3,(H,57,58)(H,59,60). The van der Waals surface area contributed by atoms with Gasteiger partial charge in [0, 0.05) is 42.7 Å². The summed E-state index contributed by atoms with van der Waals surface area (Å²) in [5.74, 6) is -3.90. The summed E-state index contributed by atoms with van der Waals surface area (Å²) in [5, 5.41) is 21.0. The molecule has 2 heterocycles. The molecule has 10 heteroatoms. The molecule has 0 fully saturated rings. The van der Waals surface area contributed by atoms with E-state index in [4.69, 9.17) is 9.47 Å². The molecule has 0 unspecified atom stereocenters. The predicted octanol–water partition coefficient (Wildman–Crippen LogP) is 13.6. The van der Waals surface area contributed by atoms with Crippen molar-refractivity contribution >= 4 is 23.9 Å². The van der Waals surface area contributed by atoms with E-state index in [-0.39, 0.29) is 36.3 Å². The largest absolute Gasteiger partial charge is 0.478 e. The number of allylic oxidation sites excluding steroid dienone is 2. The number of pyridine rings is 1. The van der Waals surface area contributed by atoms with Crippen molar-refractivity contribution in [3.05, 3.63) is 52.1 Å². The molecule has 10 nitrogen and oxygen atoms in total. The summed E-state index contributed by atoms with van der Waals surface area (Å²) in [6.45, 7) is 8.57. The van der Waals surface area contributed by atoms with Gasteiger partial charge in [-0.3, -0.25) is 14.6 Å². The second kappa shape index (κ2) is 34.8. The lowest BCUT2D eigenvalue weighted by molar-refractivity contribution is -0.144. The summed E-state index contributed by atoms with van der Waals surface area (Å²) in [7, 11) is 0. The molecule has 2 N–H and O–H groups in total. The van der Waals surface area contributed by atoms with Crippen LogP contribution in [0.5, 0.6) is 0 Å². The van der Waals surface area contributed by atoms with Gasteiger partial charge in [-0.2, -0.15) is 0 Å². The molecule has 0 spiro atoms. The van der Waals surface area contributed by atoms with Crippen molar-refractivity contribution in [3.63, 3.8) is 0 Å². The number of carbonyl (C=O) groups is 4. The summed E-state index contributed by atoms with van der Waals surface area (Å²) < 4.78 is 11.0. The Balaban J connectivity index is 1.79. The number of unbranched alkanes of at least 4 members (excludes halogenated alkanes) is 24. The van der Waals surface area contributed by atoms with Gasteiger partial charge in [-0.25, -0.2) is 9.59 Å². The highest BCUT2D eigenvalue weighted by Gasteiger charge is 2.40. The van der Waals surface area contributed by atoms with Crippen LogP contribution in [0.3, 0.4) is 0 Å². The SMILES string of the molecule is CCCCCCCCCCCCCCCC(=O)OCCCc1ncccc1C1C(C(=O)O)=C(C)N(CCCOC(=O)CCCCCCCCCCCCCCC)C(C)=C1C(=O)O. The van der Waals surface area contributed by atoms with Crippen molar-refractivity contribution in [2.45, 2.75) is 233 Å². The van der Waals surface area contributed by atoms with Crippen LogP contribution in [-0.2, 0) is 35.1 Å². The van der Waals surface area contributed by atoms with E-state index in [1.807, 2.05) is 0 Å². The van der Waals surface area contributed by atoms with Crippen LogP contribution in [0.15, 0.2) is 40.9 Å². The number of aromatic nitrogens is 1. The van der Waals surface area contributed by atoms with Crippen LogP contribution >= 0.6 is 0 Å². The second-order valence-corrected chi connectivity index (χ2v) is 17.6. The van der Waals surface area contributed by atoms with Crippen LogP contribution in [0.2, 0.25) is 0 Å². The molecule has 0 bridgehead atoms. The summed E-state index contributed by atoms with van der Waals surface area (Å²) in [6.07, 6.45) is 35.9. The number of ether oxygens (including phenoxy) is 2. The number of aliphatic carboxylic acids is 2. The summed E-state index contributed by atoms with van der Waals surface area (Å²) in [4.78, 5) is 57.0. The molecule has 0 saturated carbocycles. The highest BCUT2D eigenvalue weighted by molar-refractivity contribution is 5.98. The average Bonchev–Trinajstić information content (AvgIpc) is 3.25. The summed E-state index contributed by atoms with van der Waals surface area (Å²) in [5.41, 5.74) is 1.94. The van der Waals surface area contributed by atoms with Gasteiger partial charge in [-0.15, -0.1) is 0 Å². The lowest BCUT2D eigenvalue weighted by Crippen LogP contribution is -2.35. The van der Waals surface area contributed by atoms with Crippen LogP contribution in [0, 0.1) is 0 Å². The topological polar surface area (TPSA) is 143 Å². The molecule has 1 aliphatic rings. The first-order chi connectivity index (χ1) is 30.1. The van der Waals surface area contributed by atoms with Crippen molar-refractivity contribution in [3.8, 4) is 0 Å². The lowest BCUT2D eigenvalue weighted by Gasteiger charge is -2.37. The van der Waals surface area contributed by atoms with Gasteiger partial charge in [0.15, 0.2) is 0 Å². The molecular formula is C52H86N2O8. The Morgan fingerprint density at radius 1 is 0.548 bits per heavy atom. The van der Waals surface area contributed by atoms with Gasteiger partial charge in [0.25, 0.3) is 0 Å². The van der Waals surface area contributed by atoms with E-state index in [1.165, 1.54) is 128 Å². The van der Waals surface area contributed by atoms with Gasteiger partial charge >= 0.3 is 23.9 Å². The van der Waals surface area contributed by atoms with Crippen LogP contribution < -0.4 is 0 Å². The van der Waals surface area contributed by atoms with Crippen LogP contribution in [0.4, 0.5) is 0 Å². The monoisotopic (exact) mass is 867 g/mol. The molecule has 2 rings (SSSR count). The fraction of sp³-hybridized carbons (Fsp3) is 0.750. The van der Waals surface area contributed by atoms with Crippen molar-refractivity contribution in [2.24, 2.45) is 0 Å². The first-order valence-corrected chi connectivity index (χ1v) is 25.0. The minimum atomic E-state index is -1.20. The Hall–Kier alpha value is -3.69. The number of hydrogen-bond donors (Lipinski definition) is 2. The highest BCUT2D eigenvalue weighted by atomic mass is 16.5. The molecule has 0 atom stereocenters. The predicted molar refractivity (Wildman–Crippen MR) is 250 cm³/mol.